The van der Waals surface area contributed by atoms with Crippen molar-refractivity contribution < 1.29 is 10.0 Å². The molecule has 0 aromatic rings. The molecule has 0 amide bonds. The molecule has 0 saturated carbocycles. The molecule has 0 bridgehead atoms. The molecule has 0 aromatic carbocycles. The van der Waals surface area contributed by atoms with Gasteiger partial charge in [0.15, 0.2) is 0 Å². The van der Waals surface area contributed by atoms with Crippen molar-refractivity contribution in [2.45, 2.75) is 13.2 Å². The quantitative estimate of drug-likeness (QED) is 0.379. The van der Waals surface area contributed by atoms with Gasteiger partial charge in [-0.25, -0.2) is 0 Å². The number of allylic oxidation sites excluding steroid dienone is 2. The maximum atomic E-state index is 8.19. The molecule has 0 aliphatic carbocycles. The molecule has 2 nitrogen and oxygen atoms in total. The van der Waals surface area contributed by atoms with Crippen molar-refractivity contribution in [2.24, 2.45) is 0 Å². The maximum Gasteiger partial charge on any atom is 0.455 e. The van der Waals surface area contributed by atoms with Gasteiger partial charge in [0.25, 0.3) is 0 Å². The van der Waals surface area contributed by atoms with E-state index in [0.717, 1.165) is 0 Å². The molecule has 0 aromatic heterocycles. The minimum absolute atomic E-state index is 0.330. The monoisotopic (exact) mass is 100 g/mol. The first-order chi connectivity index (χ1) is 3.27. The van der Waals surface area contributed by atoms with Gasteiger partial charge in [0.2, 0.25) is 0 Å². The van der Waals surface area contributed by atoms with E-state index >= 15 is 0 Å². The Morgan fingerprint density at radius 1 is 1.57 bits per heavy atom. The Morgan fingerprint density at radius 2 is 2.14 bits per heavy atom. The molecule has 0 spiro atoms. The van der Waals surface area contributed by atoms with Crippen molar-refractivity contribution in [3.05, 3.63) is 12.2 Å². The highest BCUT2D eigenvalue weighted by Gasteiger charge is 1.99. The summed E-state index contributed by atoms with van der Waals surface area (Å²) in [5.41, 5.74) is 0. The summed E-state index contributed by atoms with van der Waals surface area (Å²) in [6, 6.07) is 0. The lowest BCUT2D eigenvalue weighted by Gasteiger charge is -1.85. The van der Waals surface area contributed by atoms with E-state index < -0.39 is 7.12 Å². The molecular weight excluding hydrogens is 90.9 g/mol. The summed E-state index contributed by atoms with van der Waals surface area (Å²) in [6.45, 7) is 1.84. The van der Waals surface area contributed by atoms with Crippen LogP contribution >= 0.6 is 0 Å². The van der Waals surface area contributed by atoms with Crippen LogP contribution in [0, 0.1) is 0 Å². The van der Waals surface area contributed by atoms with E-state index in [0.29, 0.717) is 6.32 Å². The van der Waals surface area contributed by atoms with E-state index in [1.807, 2.05) is 6.92 Å². The highest BCUT2D eigenvalue weighted by Crippen LogP contribution is 1.83. The van der Waals surface area contributed by atoms with Gasteiger partial charge in [-0.3, -0.25) is 0 Å². The van der Waals surface area contributed by atoms with Gasteiger partial charge in [0, 0.05) is 0 Å². The minimum Gasteiger partial charge on any atom is -0.427 e. The van der Waals surface area contributed by atoms with E-state index in [9.17, 15) is 0 Å². The zero-order valence-electron chi connectivity index (χ0n) is 4.33. The van der Waals surface area contributed by atoms with Gasteiger partial charge >= 0.3 is 7.12 Å². The van der Waals surface area contributed by atoms with Crippen molar-refractivity contribution in [2.75, 3.05) is 0 Å². The fourth-order valence-corrected chi connectivity index (χ4v) is 0.258. The molecule has 0 unspecified atom stereocenters. The van der Waals surface area contributed by atoms with Crippen LogP contribution in [0.2, 0.25) is 6.32 Å². The Balaban J connectivity index is 2.97. The molecule has 0 radical (unpaired) electrons. The summed E-state index contributed by atoms with van der Waals surface area (Å²) in [5, 5.41) is 16.4. The van der Waals surface area contributed by atoms with Crippen molar-refractivity contribution in [1.82, 2.24) is 0 Å². The zero-order chi connectivity index (χ0) is 5.70. The minimum atomic E-state index is -1.18. The number of hydrogen-bond acceptors (Lipinski definition) is 2. The summed E-state index contributed by atoms with van der Waals surface area (Å²) in [5.74, 6) is 0. The third-order valence-electron chi connectivity index (χ3n) is 0.583. The van der Waals surface area contributed by atoms with Crippen LogP contribution in [0.5, 0.6) is 0 Å². The van der Waals surface area contributed by atoms with Crippen LogP contribution in [0.3, 0.4) is 0 Å². The van der Waals surface area contributed by atoms with E-state index in [1.165, 1.54) is 0 Å². The predicted molar refractivity (Wildman–Crippen MR) is 29.8 cm³/mol. The second-order valence-corrected chi connectivity index (χ2v) is 1.29. The molecule has 0 aliphatic heterocycles. The zero-order valence-corrected chi connectivity index (χ0v) is 4.33. The normalized spacial score (nSPS) is 10.1. The third kappa shape index (κ3) is 5.72. The van der Waals surface area contributed by atoms with Gasteiger partial charge in [-0.15, -0.1) is 0 Å². The van der Waals surface area contributed by atoms with Gasteiger partial charge in [-0.2, -0.15) is 0 Å². The molecule has 0 saturated heterocycles. The maximum absolute atomic E-state index is 8.19. The molecule has 0 atom stereocenters. The summed E-state index contributed by atoms with van der Waals surface area (Å²) in [7, 11) is -1.18. The van der Waals surface area contributed by atoms with E-state index in [2.05, 4.69) is 0 Å². The average Bonchev–Trinajstić information content (AvgIpc) is 1.61. The average molecular weight is 99.9 g/mol. The largest absolute Gasteiger partial charge is 0.455 e. The molecule has 0 aliphatic rings. The third-order valence-corrected chi connectivity index (χ3v) is 0.583. The SMILES string of the molecule is C/C=C\CB(O)O. The predicted octanol–water partition coefficient (Wildman–Crippen LogP) is 0.0353. The van der Waals surface area contributed by atoms with E-state index in [4.69, 9.17) is 10.0 Å². The molecule has 7 heavy (non-hydrogen) atoms. The van der Waals surface area contributed by atoms with Crippen LogP contribution < -0.4 is 0 Å². The Morgan fingerprint density at radius 3 is 2.29 bits per heavy atom. The van der Waals surface area contributed by atoms with Crippen LogP contribution in [-0.2, 0) is 0 Å². The lowest BCUT2D eigenvalue weighted by Crippen LogP contribution is -2.07. The molecule has 40 valence electrons. The fourth-order valence-electron chi connectivity index (χ4n) is 0.258. The number of hydrogen-bond donors (Lipinski definition) is 2. The molecular formula is C4H9BO2. The standard InChI is InChI=1S/C4H9BO2/c1-2-3-4-5(6)7/h2-3,6-7H,4H2,1H3/b3-2-. The molecule has 0 heterocycles. The molecule has 0 fully saturated rings. The Hall–Kier alpha value is -0.275. The van der Waals surface area contributed by atoms with Gasteiger partial charge in [0.05, 0.1) is 0 Å². The number of rotatable bonds is 2. The van der Waals surface area contributed by atoms with E-state index in [-0.39, 0.29) is 0 Å². The van der Waals surface area contributed by atoms with Gasteiger partial charge in [-0.1, -0.05) is 12.2 Å². The highest BCUT2D eigenvalue weighted by atomic mass is 16.4. The summed E-state index contributed by atoms with van der Waals surface area (Å²) in [4.78, 5) is 0. The van der Waals surface area contributed by atoms with Gasteiger partial charge in [0.1, 0.15) is 0 Å². The van der Waals surface area contributed by atoms with Crippen LogP contribution in [0.15, 0.2) is 12.2 Å². The van der Waals surface area contributed by atoms with Crippen LogP contribution in [-0.4, -0.2) is 17.2 Å². The van der Waals surface area contributed by atoms with E-state index in [1.54, 1.807) is 12.2 Å². The fraction of sp³-hybridized carbons (Fsp3) is 0.500. The van der Waals surface area contributed by atoms with Crippen molar-refractivity contribution in [3.8, 4) is 0 Å². The lowest BCUT2D eigenvalue weighted by molar-refractivity contribution is 0.411. The van der Waals surface area contributed by atoms with Gasteiger partial charge < -0.3 is 10.0 Å². The van der Waals surface area contributed by atoms with Crippen LogP contribution in [0.1, 0.15) is 6.92 Å². The first kappa shape index (κ1) is 6.72. The highest BCUT2D eigenvalue weighted by molar-refractivity contribution is 6.41. The van der Waals surface area contributed by atoms with Crippen LogP contribution in [0.25, 0.3) is 0 Å². The Bertz CT molecular complexity index is 60.7. The topological polar surface area (TPSA) is 40.5 Å². The van der Waals surface area contributed by atoms with Crippen LogP contribution in [0.4, 0.5) is 0 Å². The second-order valence-electron chi connectivity index (χ2n) is 1.29. The molecule has 0 rings (SSSR count). The summed E-state index contributed by atoms with van der Waals surface area (Å²) < 4.78 is 0. The Kier molecular flexibility index (Phi) is 3.75. The summed E-state index contributed by atoms with van der Waals surface area (Å²) in [6.07, 6.45) is 3.81. The molecule has 2 N–H and O–H groups in total. The van der Waals surface area contributed by atoms with Gasteiger partial charge in [-0.05, 0) is 13.2 Å². The Labute approximate surface area is 43.6 Å². The lowest BCUT2D eigenvalue weighted by atomic mass is 9.86. The van der Waals surface area contributed by atoms with Crippen molar-refractivity contribution in [3.63, 3.8) is 0 Å². The van der Waals surface area contributed by atoms with Crippen molar-refractivity contribution in [1.29, 1.82) is 0 Å². The second kappa shape index (κ2) is 3.90. The smallest absolute Gasteiger partial charge is 0.427 e. The first-order valence-electron chi connectivity index (χ1n) is 2.24. The van der Waals surface area contributed by atoms with Crippen molar-refractivity contribution >= 4 is 7.12 Å². The first-order valence-corrected chi connectivity index (χ1v) is 2.24. The summed E-state index contributed by atoms with van der Waals surface area (Å²) >= 11 is 0. The molecule has 3 heteroatoms.